The average molecular weight is 471 g/mol. The molecule has 4 rings (SSSR count). The number of ether oxygens (including phenoxy) is 1. The Morgan fingerprint density at radius 3 is 2.26 bits per heavy atom. The van der Waals surface area contributed by atoms with Crippen LogP contribution in [0, 0.1) is 0 Å². The van der Waals surface area contributed by atoms with Crippen molar-refractivity contribution in [3.05, 3.63) is 101 Å². The lowest BCUT2D eigenvalue weighted by atomic mass is 9.80. The number of nitrogens with zero attached hydrogens (tertiary/aromatic N) is 1. The van der Waals surface area contributed by atoms with Crippen molar-refractivity contribution in [2.75, 3.05) is 0 Å². The molecule has 0 aliphatic heterocycles. The number of hydrogen-bond donors (Lipinski definition) is 1. The molecule has 0 radical (unpaired) electrons. The summed E-state index contributed by atoms with van der Waals surface area (Å²) < 4.78 is 5.38. The zero-order valence-electron chi connectivity index (χ0n) is 19.9. The molecule has 1 aliphatic rings. The van der Waals surface area contributed by atoms with E-state index in [9.17, 15) is 9.59 Å². The second-order valence-electron chi connectivity index (χ2n) is 8.78. The SMILES string of the molecule is CC(=O)Oc1cccc2c1CCCC2CCC(=O)ON=C(N)C(c1ccccc1)c1ccccc1. The Labute approximate surface area is 205 Å². The predicted molar refractivity (Wildman–Crippen MR) is 135 cm³/mol. The highest BCUT2D eigenvalue weighted by molar-refractivity contribution is 5.90. The van der Waals surface area contributed by atoms with E-state index >= 15 is 0 Å². The minimum Gasteiger partial charge on any atom is -0.426 e. The maximum atomic E-state index is 12.6. The number of nitrogens with two attached hydrogens (primary N) is 1. The van der Waals surface area contributed by atoms with Gasteiger partial charge in [-0.15, -0.1) is 0 Å². The summed E-state index contributed by atoms with van der Waals surface area (Å²) >= 11 is 0. The topological polar surface area (TPSA) is 91.0 Å². The molecule has 0 amide bonds. The van der Waals surface area contributed by atoms with E-state index in [0.717, 1.165) is 41.5 Å². The molecular weight excluding hydrogens is 440 g/mol. The van der Waals surface area contributed by atoms with Gasteiger partial charge in [-0.3, -0.25) is 4.79 Å². The number of hydrogen-bond acceptors (Lipinski definition) is 5. The van der Waals surface area contributed by atoms with Crippen LogP contribution >= 0.6 is 0 Å². The highest BCUT2D eigenvalue weighted by Gasteiger charge is 2.25. The molecule has 1 atom stereocenters. The molecule has 0 spiro atoms. The highest BCUT2D eigenvalue weighted by atomic mass is 16.7. The number of rotatable bonds is 8. The normalized spacial score (nSPS) is 15.4. The third kappa shape index (κ3) is 6.15. The number of esters is 1. The lowest BCUT2D eigenvalue weighted by Gasteiger charge is -2.26. The van der Waals surface area contributed by atoms with Gasteiger partial charge in [0.2, 0.25) is 0 Å². The first-order valence-corrected chi connectivity index (χ1v) is 12.0. The Bertz CT molecular complexity index is 1150. The van der Waals surface area contributed by atoms with Gasteiger partial charge in [0.1, 0.15) is 5.75 Å². The van der Waals surface area contributed by atoms with Crippen LogP contribution in [0.25, 0.3) is 0 Å². The van der Waals surface area contributed by atoms with Crippen molar-refractivity contribution in [1.29, 1.82) is 0 Å². The number of benzene rings is 3. The number of oxime groups is 1. The molecule has 0 aromatic heterocycles. The fourth-order valence-corrected chi connectivity index (χ4v) is 4.78. The first-order valence-electron chi connectivity index (χ1n) is 12.0. The lowest BCUT2D eigenvalue weighted by molar-refractivity contribution is -0.144. The summed E-state index contributed by atoms with van der Waals surface area (Å²) in [7, 11) is 0. The Morgan fingerprint density at radius 2 is 1.63 bits per heavy atom. The lowest BCUT2D eigenvalue weighted by Crippen LogP contribution is -2.24. The number of amidine groups is 1. The summed E-state index contributed by atoms with van der Waals surface area (Å²) in [5.74, 6) is -0.0168. The van der Waals surface area contributed by atoms with Crippen molar-refractivity contribution in [2.24, 2.45) is 10.9 Å². The summed E-state index contributed by atoms with van der Waals surface area (Å²) in [4.78, 5) is 29.2. The predicted octanol–water partition coefficient (Wildman–Crippen LogP) is 5.46. The molecule has 3 aromatic carbocycles. The minimum atomic E-state index is -0.420. The quantitative estimate of drug-likeness (QED) is 0.118. The molecular formula is C29H30N2O4. The van der Waals surface area contributed by atoms with Crippen molar-refractivity contribution in [2.45, 2.75) is 50.9 Å². The van der Waals surface area contributed by atoms with Crippen LogP contribution in [0.2, 0.25) is 0 Å². The molecule has 0 bridgehead atoms. The molecule has 6 heteroatoms. The van der Waals surface area contributed by atoms with Crippen LogP contribution in [0.15, 0.2) is 84.0 Å². The van der Waals surface area contributed by atoms with E-state index in [-0.39, 0.29) is 30.1 Å². The molecule has 2 N–H and O–H groups in total. The molecule has 35 heavy (non-hydrogen) atoms. The van der Waals surface area contributed by atoms with E-state index in [2.05, 4.69) is 11.2 Å². The van der Waals surface area contributed by atoms with Gasteiger partial charge >= 0.3 is 11.9 Å². The van der Waals surface area contributed by atoms with Crippen LogP contribution < -0.4 is 10.5 Å². The summed E-state index contributed by atoms with van der Waals surface area (Å²) in [5, 5.41) is 4.02. The first kappa shape index (κ1) is 24.2. The second kappa shape index (κ2) is 11.5. The highest BCUT2D eigenvalue weighted by Crippen LogP contribution is 2.39. The standard InChI is InChI=1S/C29H30N2O4/c1-20(32)34-26-17-9-15-24-21(14-8-16-25(24)26)18-19-27(33)35-31-29(30)28(22-10-4-2-5-11-22)23-12-6-3-7-13-23/h2-7,9-13,15,17,21,28H,8,14,16,18-19H2,1H3,(H2,30,31). The maximum absolute atomic E-state index is 12.6. The van der Waals surface area contributed by atoms with Gasteiger partial charge in [0.05, 0.1) is 5.92 Å². The van der Waals surface area contributed by atoms with E-state index < -0.39 is 5.97 Å². The summed E-state index contributed by atoms with van der Waals surface area (Å²) in [6, 6.07) is 25.3. The van der Waals surface area contributed by atoms with Crippen molar-refractivity contribution in [3.8, 4) is 5.75 Å². The second-order valence-corrected chi connectivity index (χ2v) is 8.78. The third-order valence-corrected chi connectivity index (χ3v) is 6.35. The van der Waals surface area contributed by atoms with Gasteiger partial charge in [-0.05, 0) is 59.9 Å². The third-order valence-electron chi connectivity index (χ3n) is 6.35. The first-order chi connectivity index (χ1) is 17.0. The molecule has 1 aliphatic carbocycles. The minimum absolute atomic E-state index is 0.199. The fraction of sp³-hybridized carbons (Fsp3) is 0.276. The van der Waals surface area contributed by atoms with E-state index in [0.29, 0.717) is 12.2 Å². The molecule has 0 saturated carbocycles. The Hall–Kier alpha value is -3.93. The zero-order chi connectivity index (χ0) is 24.6. The maximum Gasteiger partial charge on any atom is 0.335 e. The van der Waals surface area contributed by atoms with Gasteiger partial charge in [-0.2, -0.15) is 0 Å². The van der Waals surface area contributed by atoms with Crippen LogP contribution in [-0.4, -0.2) is 17.8 Å². The van der Waals surface area contributed by atoms with Gasteiger partial charge in [0.25, 0.3) is 0 Å². The largest absolute Gasteiger partial charge is 0.426 e. The van der Waals surface area contributed by atoms with Crippen LogP contribution in [0.4, 0.5) is 0 Å². The number of carbonyl (C=O) groups excluding carboxylic acids is 2. The van der Waals surface area contributed by atoms with Crippen LogP contribution in [0.5, 0.6) is 5.75 Å². The zero-order valence-corrected chi connectivity index (χ0v) is 19.9. The number of carbonyl (C=O) groups is 2. The van der Waals surface area contributed by atoms with Crippen LogP contribution in [0.1, 0.15) is 66.7 Å². The van der Waals surface area contributed by atoms with E-state index in [4.69, 9.17) is 15.3 Å². The molecule has 180 valence electrons. The molecule has 0 fully saturated rings. The van der Waals surface area contributed by atoms with Gasteiger partial charge in [-0.25, -0.2) is 4.79 Å². The monoisotopic (exact) mass is 470 g/mol. The summed E-state index contributed by atoms with van der Waals surface area (Å²) in [6.07, 6.45) is 3.66. The van der Waals surface area contributed by atoms with E-state index in [1.165, 1.54) is 6.92 Å². The molecule has 3 aromatic rings. The molecule has 6 nitrogen and oxygen atoms in total. The van der Waals surface area contributed by atoms with Crippen molar-refractivity contribution in [1.82, 2.24) is 0 Å². The van der Waals surface area contributed by atoms with E-state index in [1.54, 1.807) is 0 Å². The Kier molecular flexibility index (Phi) is 7.93. The summed E-state index contributed by atoms with van der Waals surface area (Å²) in [6.45, 7) is 1.40. The van der Waals surface area contributed by atoms with Crippen molar-refractivity contribution < 1.29 is 19.2 Å². The van der Waals surface area contributed by atoms with Crippen LogP contribution in [0.3, 0.4) is 0 Å². The van der Waals surface area contributed by atoms with Gasteiger partial charge in [-0.1, -0.05) is 78.0 Å². The van der Waals surface area contributed by atoms with Gasteiger partial charge in [0.15, 0.2) is 5.84 Å². The Balaban J connectivity index is 1.42. The average Bonchev–Trinajstić information content (AvgIpc) is 2.87. The van der Waals surface area contributed by atoms with E-state index in [1.807, 2.05) is 72.8 Å². The van der Waals surface area contributed by atoms with Crippen molar-refractivity contribution >= 4 is 17.8 Å². The van der Waals surface area contributed by atoms with Gasteiger partial charge < -0.3 is 15.3 Å². The molecule has 0 heterocycles. The van der Waals surface area contributed by atoms with Crippen molar-refractivity contribution in [3.63, 3.8) is 0 Å². The summed E-state index contributed by atoms with van der Waals surface area (Å²) in [5.41, 5.74) is 10.5. The molecule has 1 unspecified atom stereocenters. The Morgan fingerprint density at radius 1 is 0.971 bits per heavy atom. The molecule has 0 saturated heterocycles. The van der Waals surface area contributed by atoms with Gasteiger partial charge in [0, 0.05) is 13.3 Å². The smallest absolute Gasteiger partial charge is 0.335 e. The fourth-order valence-electron chi connectivity index (χ4n) is 4.78. The number of fused-ring (bicyclic) bond motifs is 1. The van der Waals surface area contributed by atoms with Crippen LogP contribution in [-0.2, 0) is 20.8 Å².